The SMILES string of the molecule is C/C=C(\C)c1c(-c2ccccc2)ncn1CC1CC(COC)NN1. The van der Waals surface area contributed by atoms with Gasteiger partial charge in [-0.15, -0.1) is 0 Å². The van der Waals surface area contributed by atoms with Crippen molar-refractivity contribution in [3.63, 3.8) is 0 Å². The van der Waals surface area contributed by atoms with E-state index in [0.29, 0.717) is 12.1 Å². The monoisotopic (exact) mass is 326 g/mol. The van der Waals surface area contributed by atoms with E-state index in [1.165, 1.54) is 11.3 Å². The Balaban J connectivity index is 1.85. The zero-order valence-corrected chi connectivity index (χ0v) is 14.6. The molecule has 2 atom stereocenters. The number of benzene rings is 1. The molecule has 1 saturated heterocycles. The van der Waals surface area contributed by atoms with Crippen molar-refractivity contribution in [2.45, 2.75) is 38.9 Å². The maximum Gasteiger partial charge on any atom is 0.0959 e. The molecule has 1 fully saturated rings. The maximum absolute atomic E-state index is 5.23. The highest BCUT2D eigenvalue weighted by atomic mass is 16.5. The molecule has 1 aromatic carbocycles. The van der Waals surface area contributed by atoms with Crippen molar-refractivity contribution in [1.29, 1.82) is 0 Å². The van der Waals surface area contributed by atoms with Crippen LogP contribution >= 0.6 is 0 Å². The van der Waals surface area contributed by atoms with Crippen molar-refractivity contribution >= 4 is 5.57 Å². The van der Waals surface area contributed by atoms with Crippen LogP contribution < -0.4 is 10.9 Å². The first-order valence-corrected chi connectivity index (χ1v) is 8.46. The van der Waals surface area contributed by atoms with Gasteiger partial charge in [0.15, 0.2) is 0 Å². The smallest absolute Gasteiger partial charge is 0.0959 e. The topological polar surface area (TPSA) is 51.1 Å². The molecule has 5 heteroatoms. The molecule has 1 aromatic heterocycles. The van der Waals surface area contributed by atoms with Crippen LogP contribution in [0.15, 0.2) is 42.7 Å². The number of hydrogen-bond donors (Lipinski definition) is 2. The van der Waals surface area contributed by atoms with Gasteiger partial charge in [-0.25, -0.2) is 4.98 Å². The number of ether oxygens (including phenoxy) is 1. The van der Waals surface area contributed by atoms with Gasteiger partial charge in [0.05, 0.1) is 24.3 Å². The Labute approximate surface area is 143 Å². The first kappa shape index (κ1) is 16.9. The average Bonchev–Trinajstić information content (AvgIpc) is 3.23. The second-order valence-electron chi connectivity index (χ2n) is 6.31. The van der Waals surface area contributed by atoms with Gasteiger partial charge in [0, 0.05) is 31.3 Å². The van der Waals surface area contributed by atoms with E-state index < -0.39 is 0 Å². The molecule has 3 rings (SSSR count). The van der Waals surface area contributed by atoms with E-state index in [1.807, 2.05) is 12.4 Å². The van der Waals surface area contributed by atoms with Crippen molar-refractivity contribution in [3.8, 4) is 11.3 Å². The van der Waals surface area contributed by atoms with E-state index in [4.69, 9.17) is 9.72 Å². The Morgan fingerprint density at radius 3 is 2.75 bits per heavy atom. The number of aromatic nitrogens is 2. The molecule has 24 heavy (non-hydrogen) atoms. The minimum absolute atomic E-state index is 0.364. The molecule has 2 heterocycles. The lowest BCUT2D eigenvalue weighted by Gasteiger charge is -2.15. The van der Waals surface area contributed by atoms with E-state index in [1.54, 1.807) is 7.11 Å². The fourth-order valence-electron chi connectivity index (χ4n) is 3.24. The summed E-state index contributed by atoms with van der Waals surface area (Å²) >= 11 is 0. The van der Waals surface area contributed by atoms with Crippen molar-refractivity contribution in [2.75, 3.05) is 13.7 Å². The largest absolute Gasteiger partial charge is 0.383 e. The van der Waals surface area contributed by atoms with Crippen LogP contribution in [0.2, 0.25) is 0 Å². The predicted octanol–water partition coefficient (Wildman–Crippen LogP) is 2.85. The Hall–Kier alpha value is -1.95. The summed E-state index contributed by atoms with van der Waals surface area (Å²) in [5, 5.41) is 0. The number of nitrogens with one attached hydrogen (secondary N) is 2. The number of imidazole rings is 1. The highest BCUT2D eigenvalue weighted by Gasteiger charge is 2.25. The van der Waals surface area contributed by atoms with Crippen molar-refractivity contribution in [1.82, 2.24) is 20.4 Å². The lowest BCUT2D eigenvalue weighted by Crippen LogP contribution is -2.36. The number of methoxy groups -OCH3 is 1. The molecule has 0 radical (unpaired) electrons. The van der Waals surface area contributed by atoms with Gasteiger partial charge in [-0.1, -0.05) is 36.4 Å². The van der Waals surface area contributed by atoms with Crippen LogP contribution in [0.4, 0.5) is 0 Å². The number of nitrogens with zero attached hydrogens (tertiary/aromatic N) is 2. The van der Waals surface area contributed by atoms with Gasteiger partial charge in [0.25, 0.3) is 0 Å². The molecule has 5 nitrogen and oxygen atoms in total. The summed E-state index contributed by atoms with van der Waals surface area (Å²) in [6.07, 6.45) is 5.14. The molecule has 0 aliphatic carbocycles. The molecule has 2 unspecified atom stereocenters. The standard InChI is InChI=1S/C19H26N4O/c1-4-14(2)19-18(15-8-6-5-7-9-15)20-13-23(19)11-16-10-17(12-24-3)22-21-16/h4-9,13,16-17,21-22H,10-12H2,1-3H3/b14-4+. The summed E-state index contributed by atoms with van der Waals surface area (Å²) in [5.41, 5.74) is 11.3. The average molecular weight is 326 g/mol. The molecule has 0 spiro atoms. The Morgan fingerprint density at radius 1 is 1.29 bits per heavy atom. The third-order valence-electron chi connectivity index (χ3n) is 4.54. The first-order valence-electron chi connectivity index (χ1n) is 8.46. The van der Waals surface area contributed by atoms with Crippen LogP contribution in [0.1, 0.15) is 26.0 Å². The lowest BCUT2D eigenvalue weighted by atomic mass is 10.1. The molecule has 128 valence electrons. The van der Waals surface area contributed by atoms with E-state index in [0.717, 1.165) is 30.8 Å². The fourth-order valence-corrected chi connectivity index (χ4v) is 3.24. The van der Waals surface area contributed by atoms with E-state index >= 15 is 0 Å². The minimum Gasteiger partial charge on any atom is -0.383 e. The molecule has 0 bridgehead atoms. The number of hydrogen-bond acceptors (Lipinski definition) is 4. The molecule has 2 N–H and O–H groups in total. The second kappa shape index (κ2) is 7.75. The minimum atomic E-state index is 0.364. The van der Waals surface area contributed by atoms with Crippen molar-refractivity contribution in [2.24, 2.45) is 0 Å². The molecular weight excluding hydrogens is 300 g/mol. The van der Waals surface area contributed by atoms with Gasteiger partial charge >= 0.3 is 0 Å². The van der Waals surface area contributed by atoms with Crippen LogP contribution in [0, 0.1) is 0 Å². The van der Waals surface area contributed by atoms with E-state index in [-0.39, 0.29) is 0 Å². The predicted molar refractivity (Wildman–Crippen MR) is 97.3 cm³/mol. The van der Waals surface area contributed by atoms with E-state index in [2.05, 4.69) is 59.6 Å². The van der Waals surface area contributed by atoms with E-state index in [9.17, 15) is 0 Å². The molecule has 0 amide bonds. The Bertz CT molecular complexity index is 693. The molecule has 1 aliphatic rings. The van der Waals surface area contributed by atoms with Crippen LogP contribution in [-0.4, -0.2) is 35.4 Å². The highest BCUT2D eigenvalue weighted by Crippen LogP contribution is 2.28. The quantitative estimate of drug-likeness (QED) is 0.857. The third-order valence-corrected chi connectivity index (χ3v) is 4.54. The highest BCUT2D eigenvalue weighted by molar-refractivity contribution is 5.76. The van der Waals surface area contributed by atoms with Gasteiger partial charge in [0.1, 0.15) is 0 Å². The molecular formula is C19H26N4O. The molecule has 0 saturated carbocycles. The lowest BCUT2D eigenvalue weighted by molar-refractivity contribution is 0.171. The van der Waals surface area contributed by atoms with Crippen LogP contribution in [0.5, 0.6) is 0 Å². The normalized spacial score (nSPS) is 21.4. The Kier molecular flexibility index (Phi) is 5.45. The van der Waals surface area contributed by atoms with Gasteiger partial charge in [-0.2, -0.15) is 0 Å². The van der Waals surface area contributed by atoms with Gasteiger partial charge in [-0.3, -0.25) is 10.9 Å². The van der Waals surface area contributed by atoms with Crippen LogP contribution in [-0.2, 0) is 11.3 Å². The third kappa shape index (κ3) is 3.59. The summed E-state index contributed by atoms with van der Waals surface area (Å²) in [4.78, 5) is 4.70. The summed E-state index contributed by atoms with van der Waals surface area (Å²) in [7, 11) is 1.74. The Morgan fingerprint density at radius 2 is 2.04 bits per heavy atom. The zero-order valence-electron chi connectivity index (χ0n) is 14.6. The second-order valence-corrected chi connectivity index (χ2v) is 6.31. The van der Waals surface area contributed by atoms with Gasteiger partial charge < -0.3 is 9.30 Å². The summed E-state index contributed by atoms with van der Waals surface area (Å²) < 4.78 is 7.49. The number of hydrazine groups is 1. The van der Waals surface area contributed by atoms with Crippen LogP contribution in [0.25, 0.3) is 16.8 Å². The van der Waals surface area contributed by atoms with Crippen LogP contribution in [0.3, 0.4) is 0 Å². The fraction of sp³-hybridized carbons (Fsp3) is 0.421. The summed E-state index contributed by atoms with van der Waals surface area (Å²) in [5.74, 6) is 0. The van der Waals surface area contributed by atoms with Gasteiger partial charge in [-0.05, 0) is 25.8 Å². The maximum atomic E-state index is 5.23. The van der Waals surface area contributed by atoms with Crippen molar-refractivity contribution < 1.29 is 4.74 Å². The van der Waals surface area contributed by atoms with Crippen molar-refractivity contribution in [3.05, 3.63) is 48.4 Å². The number of allylic oxidation sites excluding steroid dienone is 2. The summed E-state index contributed by atoms with van der Waals surface area (Å²) in [6.45, 7) is 5.83. The molecule has 1 aliphatic heterocycles. The zero-order chi connectivity index (χ0) is 16.9. The number of rotatable bonds is 6. The summed E-state index contributed by atoms with van der Waals surface area (Å²) in [6, 6.07) is 11.1. The first-order chi connectivity index (χ1) is 11.7. The van der Waals surface area contributed by atoms with Gasteiger partial charge in [0.2, 0.25) is 0 Å². The molecule has 2 aromatic rings.